The second-order valence-corrected chi connectivity index (χ2v) is 9.05. The van der Waals surface area contributed by atoms with Crippen LogP contribution < -0.4 is 5.32 Å². The van der Waals surface area contributed by atoms with E-state index in [1.165, 1.54) is 12.1 Å². The molecule has 1 aliphatic heterocycles. The Bertz CT molecular complexity index is 1320. The van der Waals surface area contributed by atoms with Gasteiger partial charge < -0.3 is 5.32 Å². The molecule has 0 spiro atoms. The summed E-state index contributed by atoms with van der Waals surface area (Å²) in [6, 6.07) is 15.3. The number of nitrogens with zero attached hydrogens (tertiary/aromatic N) is 3. The van der Waals surface area contributed by atoms with Crippen molar-refractivity contribution in [2.75, 3.05) is 5.32 Å². The minimum Gasteiger partial charge on any atom is -0.319 e. The van der Waals surface area contributed by atoms with E-state index in [9.17, 15) is 4.79 Å². The summed E-state index contributed by atoms with van der Waals surface area (Å²) in [5.74, 6) is -0.949. The summed E-state index contributed by atoms with van der Waals surface area (Å²) < 4.78 is 15.9. The summed E-state index contributed by atoms with van der Waals surface area (Å²) in [7, 11) is 0. The molecule has 158 valence electrons. The predicted molar refractivity (Wildman–Crippen MR) is 124 cm³/mol. The summed E-state index contributed by atoms with van der Waals surface area (Å²) in [6.07, 6.45) is 5.31. The third-order valence-electron chi connectivity index (χ3n) is 6.29. The van der Waals surface area contributed by atoms with Gasteiger partial charge in [0.1, 0.15) is 5.82 Å². The van der Waals surface area contributed by atoms with E-state index < -0.39 is 11.7 Å². The summed E-state index contributed by atoms with van der Waals surface area (Å²) in [5.41, 5.74) is 4.20. The lowest BCUT2D eigenvalue weighted by Crippen LogP contribution is -2.42. The van der Waals surface area contributed by atoms with Crippen LogP contribution in [0.3, 0.4) is 0 Å². The van der Waals surface area contributed by atoms with Crippen LogP contribution in [-0.4, -0.2) is 16.6 Å². The number of hydrogen-bond donors (Lipinski definition) is 1. The Kier molecular flexibility index (Phi) is 5.10. The zero-order chi connectivity index (χ0) is 22.3. The Balaban J connectivity index is 1.41. The largest absolute Gasteiger partial charge is 0.319 e. The normalized spacial score (nSPS) is 15.8. The molecule has 3 aromatic rings. The molecular formula is C25H18BrFN4O. The summed E-state index contributed by atoms with van der Waals surface area (Å²) in [6.45, 7) is 0. The monoisotopic (exact) mass is 488 g/mol. The van der Waals surface area contributed by atoms with Crippen LogP contribution in [0.25, 0.3) is 0 Å². The van der Waals surface area contributed by atoms with Gasteiger partial charge in [-0.25, -0.2) is 4.39 Å². The molecule has 2 aliphatic rings. The number of hydrogen-bond acceptors (Lipinski definition) is 4. The number of halogens is 2. The summed E-state index contributed by atoms with van der Waals surface area (Å²) in [4.78, 5) is 21.9. The van der Waals surface area contributed by atoms with E-state index in [2.05, 4.69) is 26.2 Å². The van der Waals surface area contributed by atoms with Gasteiger partial charge in [-0.15, -0.1) is 0 Å². The average molecular weight is 489 g/mol. The average Bonchev–Trinajstić information content (AvgIpc) is 3.17. The van der Waals surface area contributed by atoms with Crippen molar-refractivity contribution in [1.29, 1.82) is 5.26 Å². The van der Waals surface area contributed by atoms with Gasteiger partial charge in [0.25, 0.3) is 5.91 Å². The minimum atomic E-state index is -0.490. The number of anilines is 1. The number of carbonyl (C=O) groups excluding carboxylic acids is 1. The first-order valence-electron chi connectivity index (χ1n) is 10.3. The van der Waals surface area contributed by atoms with E-state index in [0.717, 1.165) is 46.4 Å². The zero-order valence-electron chi connectivity index (χ0n) is 17.0. The first-order chi connectivity index (χ1) is 15.5. The molecule has 0 saturated heterocycles. The van der Waals surface area contributed by atoms with Gasteiger partial charge in [0, 0.05) is 33.8 Å². The maximum Gasteiger partial charge on any atom is 0.255 e. The van der Waals surface area contributed by atoms with Crippen LogP contribution in [0.5, 0.6) is 0 Å². The number of pyridine rings is 1. The number of nitriles is 1. The molecule has 7 heteroatoms. The molecule has 1 aliphatic carbocycles. The Morgan fingerprint density at radius 1 is 1.19 bits per heavy atom. The zero-order valence-corrected chi connectivity index (χ0v) is 18.6. The molecule has 0 atom stereocenters. The fourth-order valence-electron chi connectivity index (χ4n) is 4.42. The van der Waals surface area contributed by atoms with Crippen LogP contribution in [-0.2, 0) is 11.8 Å². The van der Waals surface area contributed by atoms with E-state index in [0.29, 0.717) is 17.5 Å². The number of fused-ring (bicyclic) bond motifs is 1. The van der Waals surface area contributed by atoms with Gasteiger partial charge in [-0.1, -0.05) is 18.6 Å². The van der Waals surface area contributed by atoms with Crippen molar-refractivity contribution in [3.8, 4) is 6.07 Å². The topological polar surface area (TPSA) is 78.1 Å². The molecule has 1 N–H and O–H groups in total. The lowest BCUT2D eigenvalue weighted by molar-refractivity contribution is 0.102. The van der Waals surface area contributed by atoms with Gasteiger partial charge in [0.15, 0.2) is 0 Å². The van der Waals surface area contributed by atoms with E-state index in [1.807, 2.05) is 18.2 Å². The van der Waals surface area contributed by atoms with Crippen molar-refractivity contribution in [3.05, 3.63) is 87.4 Å². The highest BCUT2D eigenvalue weighted by Gasteiger charge is 2.45. The van der Waals surface area contributed by atoms with Crippen LogP contribution in [0.15, 0.2) is 64.2 Å². The lowest BCUT2D eigenvalue weighted by atomic mass is 9.61. The Labute approximate surface area is 193 Å². The van der Waals surface area contributed by atoms with Crippen molar-refractivity contribution in [1.82, 2.24) is 4.98 Å². The lowest BCUT2D eigenvalue weighted by Gasteiger charge is -2.42. The van der Waals surface area contributed by atoms with Gasteiger partial charge >= 0.3 is 0 Å². The molecule has 2 heterocycles. The maximum atomic E-state index is 15.0. The highest BCUT2D eigenvalue weighted by atomic mass is 79.9. The van der Waals surface area contributed by atoms with Gasteiger partial charge in [-0.2, -0.15) is 5.26 Å². The van der Waals surface area contributed by atoms with Crippen LogP contribution in [0.4, 0.5) is 15.8 Å². The molecule has 1 fully saturated rings. The van der Waals surface area contributed by atoms with Crippen molar-refractivity contribution >= 4 is 38.9 Å². The third-order valence-corrected chi connectivity index (χ3v) is 6.72. The summed E-state index contributed by atoms with van der Waals surface area (Å²) in [5, 5.41) is 11.6. The van der Waals surface area contributed by atoms with Crippen molar-refractivity contribution < 1.29 is 9.18 Å². The molecule has 0 bridgehead atoms. The fraction of sp³-hybridized carbons (Fsp3) is 0.200. The number of rotatable bonds is 4. The molecule has 0 radical (unpaired) electrons. The molecule has 5 rings (SSSR count). The van der Waals surface area contributed by atoms with Gasteiger partial charge in [0.05, 0.1) is 28.7 Å². The van der Waals surface area contributed by atoms with Crippen LogP contribution >= 0.6 is 15.9 Å². The number of aromatic nitrogens is 1. The summed E-state index contributed by atoms with van der Waals surface area (Å²) >= 11 is 3.44. The van der Waals surface area contributed by atoms with E-state index in [-0.39, 0.29) is 11.1 Å². The number of nitrogens with one attached hydrogen (secondary N) is 1. The second-order valence-electron chi connectivity index (χ2n) is 8.13. The molecule has 32 heavy (non-hydrogen) atoms. The van der Waals surface area contributed by atoms with Gasteiger partial charge in [-0.3, -0.25) is 14.8 Å². The van der Waals surface area contributed by atoms with E-state index in [4.69, 9.17) is 10.3 Å². The standard InChI is InChI=1S/C25H18BrFN4O/c26-18-11-22-21(29-14-18)12-23(30-22)25(7-2-8-25)17-5-6-20(19(27)10-17)31-24(32)16-4-1-3-15(9-16)13-28/h1,3-6,9-11,14H,2,7-8,12H2,(H,31,32). The molecule has 0 unspecified atom stereocenters. The molecule has 5 nitrogen and oxygen atoms in total. The highest BCUT2D eigenvalue weighted by Crippen LogP contribution is 2.49. The minimum absolute atomic E-state index is 0.109. The fourth-order valence-corrected chi connectivity index (χ4v) is 4.74. The van der Waals surface area contributed by atoms with Crippen molar-refractivity contribution in [2.24, 2.45) is 4.99 Å². The molecular weight excluding hydrogens is 471 g/mol. The first-order valence-corrected chi connectivity index (χ1v) is 11.1. The number of aliphatic imine (C=N–C) groups is 1. The SMILES string of the molecule is N#Cc1cccc(C(=O)Nc2ccc(C3(C4=Nc5cc(Br)cnc5C4)CCC3)cc2F)c1. The van der Waals surface area contributed by atoms with Gasteiger partial charge in [-0.05, 0) is 70.7 Å². The number of benzene rings is 2. The molecule has 1 aromatic heterocycles. The Morgan fingerprint density at radius 3 is 2.75 bits per heavy atom. The van der Waals surface area contributed by atoms with E-state index in [1.54, 1.807) is 30.5 Å². The third kappa shape index (κ3) is 3.51. The molecule has 1 saturated carbocycles. The van der Waals surface area contributed by atoms with Crippen molar-refractivity contribution in [2.45, 2.75) is 31.1 Å². The quantitative estimate of drug-likeness (QED) is 0.499. The molecule has 2 aromatic carbocycles. The van der Waals surface area contributed by atoms with Crippen LogP contribution in [0.1, 0.15) is 46.4 Å². The smallest absolute Gasteiger partial charge is 0.255 e. The Hall–Kier alpha value is -3.37. The molecule has 1 amide bonds. The van der Waals surface area contributed by atoms with Crippen LogP contribution in [0, 0.1) is 17.1 Å². The van der Waals surface area contributed by atoms with Crippen molar-refractivity contribution in [3.63, 3.8) is 0 Å². The van der Waals surface area contributed by atoms with Crippen LogP contribution in [0.2, 0.25) is 0 Å². The maximum absolute atomic E-state index is 15.0. The second kappa shape index (κ2) is 7.95. The highest BCUT2D eigenvalue weighted by molar-refractivity contribution is 9.10. The first kappa shape index (κ1) is 20.5. The predicted octanol–water partition coefficient (Wildman–Crippen LogP) is 5.86. The van der Waals surface area contributed by atoms with E-state index >= 15 is 4.39 Å². The van der Waals surface area contributed by atoms with Gasteiger partial charge in [0.2, 0.25) is 0 Å². The number of carbonyl (C=O) groups is 1. The number of amides is 1. The Morgan fingerprint density at radius 2 is 2.03 bits per heavy atom.